The van der Waals surface area contributed by atoms with Gasteiger partial charge < -0.3 is 19.5 Å². The van der Waals surface area contributed by atoms with Crippen molar-refractivity contribution in [2.45, 2.75) is 38.3 Å². The highest BCUT2D eigenvalue weighted by Crippen LogP contribution is 2.31. The minimum absolute atomic E-state index is 0.0964. The third kappa shape index (κ3) is 3.99. The highest BCUT2D eigenvalue weighted by Gasteiger charge is 2.30. The molecule has 0 unspecified atom stereocenters. The Morgan fingerprint density at radius 1 is 1.27 bits per heavy atom. The van der Waals surface area contributed by atoms with Crippen molar-refractivity contribution in [2.75, 3.05) is 20.8 Å². The molecular weight excluding hydrogens is 334 g/mol. The second-order valence-corrected chi connectivity index (χ2v) is 7.01. The van der Waals surface area contributed by atoms with Gasteiger partial charge in [-0.1, -0.05) is 0 Å². The fraction of sp³-hybridized carbons (Fsp3) is 0.474. The van der Waals surface area contributed by atoms with Gasteiger partial charge in [-0.15, -0.1) is 0 Å². The molecule has 140 valence electrons. The maximum absolute atomic E-state index is 12.5. The van der Waals surface area contributed by atoms with Gasteiger partial charge in [-0.3, -0.25) is 9.89 Å². The fourth-order valence-corrected chi connectivity index (χ4v) is 3.20. The molecule has 1 aliphatic rings. The second-order valence-electron chi connectivity index (χ2n) is 7.01. The Kier molecular flexibility index (Phi) is 5.18. The van der Waals surface area contributed by atoms with Crippen LogP contribution in [0, 0.1) is 0 Å². The number of carbonyl (C=O) groups is 1. The molecule has 0 aliphatic carbocycles. The summed E-state index contributed by atoms with van der Waals surface area (Å²) in [6.45, 7) is 4.73. The smallest absolute Gasteiger partial charge is 0.269 e. The molecule has 1 aliphatic heterocycles. The summed E-state index contributed by atoms with van der Waals surface area (Å²) in [6.07, 6.45) is 1.60. The van der Waals surface area contributed by atoms with Gasteiger partial charge in [-0.2, -0.15) is 5.10 Å². The molecule has 2 aromatic rings. The van der Waals surface area contributed by atoms with Crippen molar-refractivity contribution in [2.24, 2.45) is 0 Å². The van der Waals surface area contributed by atoms with E-state index in [4.69, 9.17) is 14.2 Å². The average molecular weight is 359 g/mol. The monoisotopic (exact) mass is 359 g/mol. The van der Waals surface area contributed by atoms with E-state index in [1.165, 1.54) is 0 Å². The van der Waals surface area contributed by atoms with E-state index in [-0.39, 0.29) is 17.6 Å². The first-order chi connectivity index (χ1) is 12.4. The van der Waals surface area contributed by atoms with Crippen molar-refractivity contribution in [1.29, 1.82) is 0 Å². The van der Waals surface area contributed by atoms with Crippen molar-refractivity contribution < 1.29 is 19.0 Å². The normalized spacial score (nSPS) is 19.0. The summed E-state index contributed by atoms with van der Waals surface area (Å²) in [7, 11) is 3.17. The highest BCUT2D eigenvalue weighted by atomic mass is 16.5. The van der Waals surface area contributed by atoms with E-state index in [2.05, 4.69) is 15.5 Å². The minimum atomic E-state index is -0.213. The predicted molar refractivity (Wildman–Crippen MR) is 97.6 cm³/mol. The maximum Gasteiger partial charge on any atom is 0.269 e. The summed E-state index contributed by atoms with van der Waals surface area (Å²) >= 11 is 0. The lowest BCUT2D eigenvalue weighted by molar-refractivity contribution is -0.0615. The van der Waals surface area contributed by atoms with E-state index in [1.54, 1.807) is 20.3 Å². The summed E-state index contributed by atoms with van der Waals surface area (Å²) in [4.78, 5) is 12.5. The topological polar surface area (TPSA) is 85.5 Å². The molecule has 1 saturated heterocycles. The summed E-state index contributed by atoms with van der Waals surface area (Å²) in [5.74, 6) is 1.10. The SMILES string of the molecule is COc1ccc(-c2cc(C(=O)N[C@@H]3CCOC(C)(C)C3)[nH]n2)cc1OC. The molecule has 2 N–H and O–H groups in total. The van der Waals surface area contributed by atoms with Gasteiger partial charge in [-0.05, 0) is 51.0 Å². The van der Waals surface area contributed by atoms with Gasteiger partial charge in [0.05, 0.1) is 25.5 Å². The Morgan fingerprint density at radius 2 is 2.04 bits per heavy atom. The van der Waals surface area contributed by atoms with Gasteiger partial charge in [0, 0.05) is 18.2 Å². The standard InChI is InChI=1S/C19H25N3O4/c1-19(2)11-13(7-8-26-19)20-18(23)15-10-14(21-22-15)12-5-6-16(24-3)17(9-12)25-4/h5-6,9-10,13H,7-8,11H2,1-4H3,(H,20,23)(H,21,22)/t13-/m1/s1. The first-order valence-electron chi connectivity index (χ1n) is 8.64. The molecule has 1 fully saturated rings. The van der Waals surface area contributed by atoms with Gasteiger partial charge in [0.2, 0.25) is 0 Å². The van der Waals surface area contributed by atoms with E-state index in [0.717, 1.165) is 18.4 Å². The third-order valence-electron chi connectivity index (χ3n) is 4.53. The number of amides is 1. The van der Waals surface area contributed by atoms with Crippen molar-refractivity contribution in [3.05, 3.63) is 30.0 Å². The van der Waals surface area contributed by atoms with Crippen LogP contribution in [0.3, 0.4) is 0 Å². The molecule has 7 heteroatoms. The molecule has 0 saturated carbocycles. The Morgan fingerprint density at radius 3 is 2.73 bits per heavy atom. The van der Waals surface area contributed by atoms with Crippen LogP contribution in [0.15, 0.2) is 24.3 Å². The molecule has 0 radical (unpaired) electrons. The number of nitrogens with one attached hydrogen (secondary N) is 2. The van der Waals surface area contributed by atoms with Crippen LogP contribution in [0.1, 0.15) is 37.2 Å². The molecule has 1 atom stereocenters. The van der Waals surface area contributed by atoms with Gasteiger partial charge >= 0.3 is 0 Å². The number of hydrogen-bond acceptors (Lipinski definition) is 5. The van der Waals surface area contributed by atoms with Crippen molar-refractivity contribution in [1.82, 2.24) is 15.5 Å². The van der Waals surface area contributed by atoms with E-state index < -0.39 is 0 Å². The zero-order chi connectivity index (χ0) is 18.7. The van der Waals surface area contributed by atoms with E-state index in [1.807, 2.05) is 32.0 Å². The van der Waals surface area contributed by atoms with Gasteiger partial charge in [0.15, 0.2) is 11.5 Å². The number of aromatic nitrogens is 2. The van der Waals surface area contributed by atoms with E-state index in [0.29, 0.717) is 29.5 Å². The second kappa shape index (κ2) is 7.37. The van der Waals surface area contributed by atoms with Crippen LogP contribution in [0.5, 0.6) is 11.5 Å². The number of benzene rings is 1. The lowest BCUT2D eigenvalue weighted by Gasteiger charge is -2.35. The summed E-state index contributed by atoms with van der Waals surface area (Å²) < 4.78 is 16.3. The highest BCUT2D eigenvalue weighted by molar-refractivity contribution is 5.93. The number of aromatic amines is 1. The summed E-state index contributed by atoms with van der Waals surface area (Å²) in [5.41, 5.74) is 1.72. The lowest BCUT2D eigenvalue weighted by atomic mass is 9.94. The molecule has 0 spiro atoms. The van der Waals surface area contributed by atoms with Crippen LogP contribution in [0.2, 0.25) is 0 Å². The zero-order valence-electron chi connectivity index (χ0n) is 15.6. The maximum atomic E-state index is 12.5. The summed E-state index contributed by atoms with van der Waals surface area (Å²) in [5, 5.41) is 10.1. The van der Waals surface area contributed by atoms with Crippen LogP contribution >= 0.6 is 0 Å². The van der Waals surface area contributed by atoms with Gasteiger partial charge in [-0.25, -0.2) is 0 Å². The van der Waals surface area contributed by atoms with Crippen LogP contribution in [0.25, 0.3) is 11.3 Å². The number of nitrogens with zero attached hydrogens (tertiary/aromatic N) is 1. The third-order valence-corrected chi connectivity index (χ3v) is 4.53. The number of rotatable bonds is 5. The quantitative estimate of drug-likeness (QED) is 0.857. The summed E-state index contributed by atoms with van der Waals surface area (Å²) in [6, 6.07) is 7.35. The predicted octanol–water partition coefficient (Wildman–Crippen LogP) is 2.78. The number of ether oxygens (including phenoxy) is 3. The molecule has 1 aromatic heterocycles. The number of hydrogen-bond donors (Lipinski definition) is 2. The number of carbonyl (C=O) groups excluding carboxylic acids is 1. The first kappa shape index (κ1) is 18.3. The van der Waals surface area contributed by atoms with E-state index in [9.17, 15) is 4.79 Å². The number of H-pyrrole nitrogens is 1. The molecule has 2 heterocycles. The molecule has 7 nitrogen and oxygen atoms in total. The molecular formula is C19H25N3O4. The van der Waals surface area contributed by atoms with Gasteiger partial charge in [0.25, 0.3) is 5.91 Å². The van der Waals surface area contributed by atoms with Gasteiger partial charge in [0.1, 0.15) is 5.69 Å². The molecule has 0 bridgehead atoms. The Bertz CT molecular complexity index is 785. The van der Waals surface area contributed by atoms with Crippen LogP contribution in [-0.2, 0) is 4.74 Å². The van der Waals surface area contributed by atoms with Crippen molar-refractivity contribution >= 4 is 5.91 Å². The van der Waals surface area contributed by atoms with Crippen LogP contribution < -0.4 is 14.8 Å². The molecule has 3 rings (SSSR count). The Hall–Kier alpha value is -2.54. The average Bonchev–Trinajstić information content (AvgIpc) is 3.10. The minimum Gasteiger partial charge on any atom is -0.493 e. The largest absolute Gasteiger partial charge is 0.493 e. The lowest BCUT2D eigenvalue weighted by Crippen LogP contribution is -2.45. The zero-order valence-corrected chi connectivity index (χ0v) is 15.6. The van der Waals surface area contributed by atoms with Crippen molar-refractivity contribution in [3.8, 4) is 22.8 Å². The van der Waals surface area contributed by atoms with E-state index >= 15 is 0 Å². The molecule has 26 heavy (non-hydrogen) atoms. The Labute approximate surface area is 153 Å². The first-order valence-corrected chi connectivity index (χ1v) is 8.64. The van der Waals surface area contributed by atoms with Crippen LogP contribution in [0.4, 0.5) is 0 Å². The van der Waals surface area contributed by atoms with Crippen LogP contribution in [-0.4, -0.2) is 48.6 Å². The molecule has 1 aromatic carbocycles. The van der Waals surface area contributed by atoms with Crippen molar-refractivity contribution in [3.63, 3.8) is 0 Å². The number of methoxy groups -OCH3 is 2. The molecule has 1 amide bonds. The Balaban J connectivity index is 1.72. The fourth-order valence-electron chi connectivity index (χ4n) is 3.20.